The lowest BCUT2D eigenvalue weighted by Gasteiger charge is -2.26. The van der Waals surface area contributed by atoms with Crippen LogP contribution in [0, 0.1) is 5.92 Å². The van der Waals surface area contributed by atoms with Crippen LogP contribution < -0.4 is 11.2 Å². The average molecular weight is 189 g/mol. The molecule has 2 unspecified atom stereocenters. The molecule has 0 saturated carbocycles. The number of hydrogen-bond donors (Lipinski definition) is 2. The van der Waals surface area contributed by atoms with Crippen molar-refractivity contribution in [3.8, 4) is 0 Å². The van der Waals surface area contributed by atoms with E-state index in [4.69, 9.17) is 5.73 Å². The van der Waals surface area contributed by atoms with E-state index >= 15 is 0 Å². The Balaban J connectivity index is 2.32. The maximum Gasteiger partial charge on any atom is 0.0373 e. The van der Waals surface area contributed by atoms with Crippen molar-refractivity contribution in [1.82, 2.24) is 10.4 Å². The Morgan fingerprint density at radius 3 is 2.83 bits per heavy atom. The van der Waals surface area contributed by atoms with Crippen LogP contribution in [0.2, 0.25) is 0 Å². The van der Waals surface area contributed by atoms with Crippen molar-refractivity contribution in [1.29, 1.82) is 0 Å². The Labute approximate surface area is 79.0 Å². The Morgan fingerprint density at radius 2 is 2.42 bits per heavy atom. The lowest BCUT2D eigenvalue weighted by Crippen LogP contribution is -2.48. The summed E-state index contributed by atoms with van der Waals surface area (Å²) in [4.78, 5) is 0. The smallest absolute Gasteiger partial charge is 0.0373 e. The minimum Gasteiger partial charge on any atom is -0.329 e. The van der Waals surface area contributed by atoms with Gasteiger partial charge in [-0.15, -0.1) is 0 Å². The second kappa shape index (κ2) is 5.07. The molecule has 12 heavy (non-hydrogen) atoms. The van der Waals surface area contributed by atoms with E-state index in [0.717, 1.165) is 12.5 Å². The maximum atomic E-state index is 5.70. The molecule has 1 aliphatic rings. The SMILES string of the molecule is CN(C)NC(CN)C1CCSC1. The van der Waals surface area contributed by atoms with Gasteiger partial charge in [-0.25, -0.2) is 0 Å². The minimum atomic E-state index is 0.468. The van der Waals surface area contributed by atoms with Gasteiger partial charge in [-0.2, -0.15) is 11.8 Å². The molecule has 3 N–H and O–H groups in total. The summed E-state index contributed by atoms with van der Waals surface area (Å²) in [5.74, 6) is 3.33. The molecule has 1 aliphatic heterocycles. The molecule has 0 aromatic rings. The second-order valence-corrected chi connectivity index (χ2v) is 4.64. The van der Waals surface area contributed by atoms with Crippen molar-refractivity contribution in [3.63, 3.8) is 0 Å². The predicted octanol–water partition coefficient (Wildman–Crippen LogP) is 0.133. The number of hydrazine groups is 1. The third-order valence-electron chi connectivity index (χ3n) is 2.21. The van der Waals surface area contributed by atoms with Crippen LogP contribution in [0.1, 0.15) is 6.42 Å². The van der Waals surface area contributed by atoms with E-state index in [1.165, 1.54) is 17.9 Å². The predicted molar refractivity (Wildman–Crippen MR) is 55.1 cm³/mol. The van der Waals surface area contributed by atoms with E-state index < -0.39 is 0 Å². The molecule has 1 heterocycles. The number of thioether (sulfide) groups is 1. The van der Waals surface area contributed by atoms with Gasteiger partial charge in [0.2, 0.25) is 0 Å². The Kier molecular flexibility index (Phi) is 4.35. The van der Waals surface area contributed by atoms with E-state index in [2.05, 4.69) is 5.43 Å². The summed E-state index contributed by atoms with van der Waals surface area (Å²) in [6, 6.07) is 0.468. The van der Waals surface area contributed by atoms with Crippen LogP contribution in [-0.2, 0) is 0 Å². The van der Waals surface area contributed by atoms with Crippen LogP contribution in [0.15, 0.2) is 0 Å². The fraction of sp³-hybridized carbons (Fsp3) is 1.00. The molecule has 0 aliphatic carbocycles. The first kappa shape index (κ1) is 10.3. The molecular formula is C8H19N3S. The van der Waals surface area contributed by atoms with Crippen molar-refractivity contribution in [2.45, 2.75) is 12.5 Å². The first-order chi connectivity index (χ1) is 5.74. The molecular weight excluding hydrogens is 170 g/mol. The molecule has 0 radical (unpaired) electrons. The zero-order valence-electron chi connectivity index (χ0n) is 7.92. The van der Waals surface area contributed by atoms with Crippen LogP contribution in [0.25, 0.3) is 0 Å². The summed E-state index contributed by atoms with van der Waals surface area (Å²) in [6.45, 7) is 0.739. The number of nitrogens with one attached hydrogen (secondary N) is 1. The molecule has 2 atom stereocenters. The number of hydrogen-bond acceptors (Lipinski definition) is 4. The quantitative estimate of drug-likeness (QED) is 0.617. The monoisotopic (exact) mass is 189 g/mol. The third-order valence-corrected chi connectivity index (χ3v) is 3.40. The fourth-order valence-corrected chi connectivity index (χ4v) is 2.89. The first-order valence-electron chi connectivity index (χ1n) is 4.45. The lowest BCUT2D eigenvalue weighted by molar-refractivity contribution is 0.208. The Bertz CT molecular complexity index is 123. The van der Waals surface area contributed by atoms with E-state index in [-0.39, 0.29) is 0 Å². The standard InChI is InChI=1S/C8H19N3S/c1-11(2)10-8(5-9)7-3-4-12-6-7/h7-8,10H,3-6,9H2,1-2H3. The van der Waals surface area contributed by atoms with Crippen LogP contribution in [-0.4, -0.2) is 43.2 Å². The van der Waals surface area contributed by atoms with Crippen LogP contribution >= 0.6 is 11.8 Å². The Morgan fingerprint density at radius 1 is 1.67 bits per heavy atom. The molecule has 72 valence electrons. The molecule has 1 saturated heterocycles. The summed E-state index contributed by atoms with van der Waals surface area (Å²) in [5, 5.41) is 2.00. The van der Waals surface area contributed by atoms with Crippen molar-refractivity contribution < 1.29 is 0 Å². The van der Waals surface area contributed by atoms with E-state index in [9.17, 15) is 0 Å². The van der Waals surface area contributed by atoms with Crippen molar-refractivity contribution in [2.24, 2.45) is 11.7 Å². The van der Waals surface area contributed by atoms with Crippen molar-refractivity contribution in [3.05, 3.63) is 0 Å². The van der Waals surface area contributed by atoms with E-state index in [1.807, 2.05) is 30.9 Å². The summed E-state index contributed by atoms with van der Waals surface area (Å²) in [6.07, 6.45) is 1.31. The summed E-state index contributed by atoms with van der Waals surface area (Å²) >= 11 is 2.04. The van der Waals surface area contributed by atoms with Gasteiger partial charge in [-0.3, -0.25) is 10.4 Å². The number of nitrogens with two attached hydrogens (primary N) is 1. The highest BCUT2D eigenvalue weighted by atomic mass is 32.2. The third kappa shape index (κ3) is 2.94. The van der Waals surface area contributed by atoms with Gasteiger partial charge in [-0.05, 0) is 23.8 Å². The summed E-state index contributed by atoms with van der Waals surface area (Å²) in [5.41, 5.74) is 9.07. The highest BCUT2D eigenvalue weighted by Crippen LogP contribution is 2.25. The average Bonchev–Trinajstić information content (AvgIpc) is 2.51. The summed E-state index contributed by atoms with van der Waals surface area (Å²) < 4.78 is 0. The van der Waals surface area contributed by atoms with Gasteiger partial charge in [-0.1, -0.05) is 0 Å². The zero-order valence-corrected chi connectivity index (χ0v) is 8.73. The van der Waals surface area contributed by atoms with E-state index in [1.54, 1.807) is 0 Å². The lowest BCUT2D eigenvalue weighted by atomic mass is 10.0. The molecule has 0 spiro atoms. The highest BCUT2D eigenvalue weighted by Gasteiger charge is 2.24. The van der Waals surface area contributed by atoms with Crippen LogP contribution in [0.4, 0.5) is 0 Å². The second-order valence-electron chi connectivity index (χ2n) is 3.49. The normalized spacial score (nSPS) is 26.5. The minimum absolute atomic E-state index is 0.468. The van der Waals surface area contributed by atoms with Crippen LogP contribution in [0.5, 0.6) is 0 Å². The first-order valence-corrected chi connectivity index (χ1v) is 5.61. The maximum absolute atomic E-state index is 5.70. The zero-order chi connectivity index (χ0) is 8.97. The molecule has 1 fully saturated rings. The molecule has 1 rings (SSSR count). The molecule has 4 heteroatoms. The van der Waals surface area contributed by atoms with Gasteiger partial charge in [0, 0.05) is 26.7 Å². The largest absolute Gasteiger partial charge is 0.329 e. The van der Waals surface area contributed by atoms with Gasteiger partial charge in [0.05, 0.1) is 0 Å². The molecule has 0 aromatic carbocycles. The van der Waals surface area contributed by atoms with Gasteiger partial charge in [0.1, 0.15) is 0 Å². The number of nitrogens with zero attached hydrogens (tertiary/aromatic N) is 1. The highest BCUT2D eigenvalue weighted by molar-refractivity contribution is 7.99. The van der Waals surface area contributed by atoms with Crippen molar-refractivity contribution in [2.75, 3.05) is 32.1 Å². The molecule has 0 amide bonds. The van der Waals surface area contributed by atoms with Gasteiger partial charge < -0.3 is 5.73 Å². The topological polar surface area (TPSA) is 41.3 Å². The van der Waals surface area contributed by atoms with Crippen molar-refractivity contribution >= 4 is 11.8 Å². The fourth-order valence-electron chi connectivity index (χ4n) is 1.55. The molecule has 0 aromatic heterocycles. The Hall–Kier alpha value is 0.230. The molecule has 0 bridgehead atoms. The van der Waals surface area contributed by atoms with Crippen LogP contribution in [0.3, 0.4) is 0 Å². The number of rotatable bonds is 4. The van der Waals surface area contributed by atoms with Gasteiger partial charge in [0.15, 0.2) is 0 Å². The van der Waals surface area contributed by atoms with Gasteiger partial charge >= 0.3 is 0 Å². The summed E-state index contributed by atoms with van der Waals surface area (Å²) in [7, 11) is 4.04. The van der Waals surface area contributed by atoms with E-state index in [0.29, 0.717) is 6.04 Å². The molecule has 3 nitrogen and oxygen atoms in total. The van der Waals surface area contributed by atoms with Gasteiger partial charge in [0.25, 0.3) is 0 Å².